The van der Waals surface area contributed by atoms with Crippen LogP contribution in [-0.4, -0.2) is 25.2 Å². The fraction of sp³-hybridized carbons (Fsp3) is 0.700. The Labute approximate surface area is 79.8 Å². The maximum atomic E-state index is 11.0. The Morgan fingerprint density at radius 2 is 2.38 bits per heavy atom. The van der Waals surface area contributed by atoms with Gasteiger partial charge >= 0.3 is 5.97 Å². The fourth-order valence-corrected chi connectivity index (χ4v) is 0.677. The van der Waals surface area contributed by atoms with Crippen molar-refractivity contribution in [1.82, 2.24) is 5.32 Å². The largest absolute Gasteiger partial charge is 0.465 e. The van der Waals surface area contributed by atoms with Crippen LogP contribution in [0.1, 0.15) is 26.7 Å². The van der Waals surface area contributed by atoms with Crippen molar-refractivity contribution in [2.24, 2.45) is 0 Å². The highest BCUT2D eigenvalue weighted by molar-refractivity contribution is 5.71. The number of unbranched alkanes of at least 4 members (excludes halogenated alkanes) is 1. The fourth-order valence-electron chi connectivity index (χ4n) is 0.677. The van der Waals surface area contributed by atoms with Gasteiger partial charge in [0.15, 0.2) is 0 Å². The molecule has 0 heterocycles. The Balaban J connectivity index is 3.36. The van der Waals surface area contributed by atoms with Crippen molar-refractivity contribution >= 4 is 5.97 Å². The molecule has 0 aromatic rings. The lowest BCUT2D eigenvalue weighted by Crippen LogP contribution is -2.31. The van der Waals surface area contributed by atoms with Gasteiger partial charge in [-0.25, -0.2) is 0 Å². The van der Waals surface area contributed by atoms with E-state index in [0.717, 1.165) is 12.8 Å². The van der Waals surface area contributed by atoms with E-state index in [9.17, 15) is 4.79 Å². The molecule has 1 atom stereocenters. The summed E-state index contributed by atoms with van der Waals surface area (Å²) in [5, 5.41) is 2.85. The Kier molecular flexibility index (Phi) is 7.04. The summed E-state index contributed by atoms with van der Waals surface area (Å²) in [6.45, 7) is 4.56. The van der Waals surface area contributed by atoms with Gasteiger partial charge in [-0.2, -0.15) is 0 Å². The van der Waals surface area contributed by atoms with Gasteiger partial charge in [-0.3, -0.25) is 10.1 Å². The van der Waals surface area contributed by atoms with Crippen LogP contribution in [0.3, 0.4) is 0 Å². The molecule has 0 aliphatic heterocycles. The molecule has 74 valence electrons. The van der Waals surface area contributed by atoms with E-state index >= 15 is 0 Å². The maximum Gasteiger partial charge on any atom is 0.319 e. The molecule has 0 fully saturated rings. The summed E-state index contributed by atoms with van der Waals surface area (Å²) in [4.78, 5) is 11.0. The quantitative estimate of drug-likeness (QED) is 0.378. The van der Waals surface area contributed by atoms with Crippen LogP contribution < -0.4 is 5.32 Å². The number of esters is 1. The number of ether oxygens (including phenoxy) is 1. The molecule has 3 nitrogen and oxygen atoms in total. The van der Waals surface area contributed by atoms with Crippen LogP contribution >= 0.6 is 0 Å². The molecule has 13 heavy (non-hydrogen) atoms. The molecule has 0 aromatic carbocycles. The van der Waals surface area contributed by atoms with Gasteiger partial charge < -0.3 is 4.74 Å². The second-order valence-electron chi connectivity index (χ2n) is 2.84. The number of hydrogen-bond donors (Lipinski definition) is 1. The van der Waals surface area contributed by atoms with E-state index in [1.165, 1.54) is 0 Å². The number of carbonyl (C=O) groups is 1. The van der Waals surface area contributed by atoms with Crippen molar-refractivity contribution in [3.63, 3.8) is 0 Å². The molecule has 0 aromatic heterocycles. The van der Waals surface area contributed by atoms with E-state index in [1.807, 2.05) is 13.8 Å². The first-order valence-electron chi connectivity index (χ1n) is 4.55. The van der Waals surface area contributed by atoms with E-state index in [4.69, 9.17) is 11.2 Å². The van der Waals surface area contributed by atoms with Crippen molar-refractivity contribution in [1.29, 1.82) is 0 Å². The van der Waals surface area contributed by atoms with Crippen molar-refractivity contribution in [2.45, 2.75) is 32.7 Å². The van der Waals surface area contributed by atoms with Crippen LogP contribution in [0.4, 0.5) is 0 Å². The van der Waals surface area contributed by atoms with E-state index in [2.05, 4.69) is 11.2 Å². The Morgan fingerprint density at radius 3 is 2.92 bits per heavy atom. The van der Waals surface area contributed by atoms with Crippen molar-refractivity contribution < 1.29 is 9.53 Å². The van der Waals surface area contributed by atoms with Crippen LogP contribution in [-0.2, 0) is 9.53 Å². The third-order valence-corrected chi connectivity index (χ3v) is 1.56. The molecule has 0 aliphatic rings. The van der Waals surface area contributed by atoms with Crippen molar-refractivity contribution in [3.8, 4) is 12.3 Å². The highest BCUT2D eigenvalue weighted by Crippen LogP contribution is 1.88. The first kappa shape index (κ1) is 12.0. The summed E-state index contributed by atoms with van der Waals surface area (Å²) in [5.41, 5.74) is 0. The Hall–Kier alpha value is -1.01. The van der Waals surface area contributed by atoms with Gasteiger partial charge in [-0.1, -0.05) is 19.3 Å². The standard InChI is InChI=1S/C10H17NO2/c1-4-6-7-13-10(12)8-11-9(3)5-2/h2,9,11H,4,6-8H2,1,3H3. The molecule has 0 bridgehead atoms. The number of nitrogens with one attached hydrogen (secondary N) is 1. The van der Waals surface area contributed by atoms with Gasteiger partial charge in [0.25, 0.3) is 0 Å². The normalized spacial score (nSPS) is 11.8. The summed E-state index contributed by atoms with van der Waals surface area (Å²) in [7, 11) is 0. The highest BCUT2D eigenvalue weighted by atomic mass is 16.5. The molecular formula is C10H17NO2. The zero-order valence-corrected chi connectivity index (χ0v) is 8.30. The minimum Gasteiger partial charge on any atom is -0.465 e. The molecule has 0 aliphatic carbocycles. The topological polar surface area (TPSA) is 38.3 Å². The van der Waals surface area contributed by atoms with E-state index in [1.54, 1.807) is 0 Å². The van der Waals surface area contributed by atoms with Gasteiger partial charge in [0.05, 0.1) is 19.2 Å². The lowest BCUT2D eigenvalue weighted by atomic mass is 10.3. The van der Waals surface area contributed by atoms with Crippen molar-refractivity contribution in [2.75, 3.05) is 13.2 Å². The molecule has 3 heteroatoms. The molecule has 0 radical (unpaired) electrons. The van der Waals surface area contributed by atoms with Crippen LogP contribution in [0, 0.1) is 12.3 Å². The minimum absolute atomic E-state index is 0.0845. The van der Waals surface area contributed by atoms with E-state index in [-0.39, 0.29) is 18.6 Å². The zero-order chi connectivity index (χ0) is 10.1. The summed E-state index contributed by atoms with van der Waals surface area (Å²) < 4.78 is 4.91. The predicted molar refractivity (Wildman–Crippen MR) is 52.2 cm³/mol. The first-order chi connectivity index (χ1) is 6.20. The number of rotatable bonds is 6. The van der Waals surface area contributed by atoms with Gasteiger partial charge in [0, 0.05) is 0 Å². The van der Waals surface area contributed by atoms with Crippen LogP contribution in [0.2, 0.25) is 0 Å². The van der Waals surface area contributed by atoms with E-state index in [0.29, 0.717) is 6.61 Å². The van der Waals surface area contributed by atoms with Crippen LogP contribution in [0.15, 0.2) is 0 Å². The average molecular weight is 183 g/mol. The van der Waals surface area contributed by atoms with Crippen molar-refractivity contribution in [3.05, 3.63) is 0 Å². The Bertz CT molecular complexity index is 184. The second kappa shape index (κ2) is 7.63. The minimum atomic E-state index is -0.240. The lowest BCUT2D eigenvalue weighted by Gasteiger charge is -2.07. The molecule has 0 saturated heterocycles. The highest BCUT2D eigenvalue weighted by Gasteiger charge is 2.03. The summed E-state index contributed by atoms with van der Waals surface area (Å²) in [6, 6.07) is -0.0845. The maximum absolute atomic E-state index is 11.0. The average Bonchev–Trinajstić information content (AvgIpc) is 2.14. The summed E-state index contributed by atoms with van der Waals surface area (Å²) in [6.07, 6.45) is 7.06. The molecular weight excluding hydrogens is 166 g/mol. The molecule has 1 N–H and O–H groups in total. The van der Waals surface area contributed by atoms with Gasteiger partial charge in [-0.15, -0.1) is 6.42 Å². The van der Waals surface area contributed by atoms with Crippen LogP contribution in [0.25, 0.3) is 0 Å². The number of hydrogen-bond acceptors (Lipinski definition) is 3. The van der Waals surface area contributed by atoms with Gasteiger partial charge in [0.2, 0.25) is 0 Å². The number of terminal acetylenes is 1. The second-order valence-corrected chi connectivity index (χ2v) is 2.84. The van der Waals surface area contributed by atoms with E-state index < -0.39 is 0 Å². The smallest absolute Gasteiger partial charge is 0.319 e. The predicted octanol–water partition coefficient (Wildman–Crippen LogP) is 0.941. The molecule has 0 spiro atoms. The molecule has 0 rings (SSSR count). The first-order valence-corrected chi connectivity index (χ1v) is 4.55. The monoisotopic (exact) mass is 183 g/mol. The lowest BCUT2D eigenvalue weighted by molar-refractivity contribution is -0.142. The third kappa shape index (κ3) is 7.35. The summed E-state index contributed by atoms with van der Waals surface area (Å²) >= 11 is 0. The number of carbonyl (C=O) groups excluding carboxylic acids is 1. The summed E-state index contributed by atoms with van der Waals surface area (Å²) in [5.74, 6) is 2.23. The molecule has 0 amide bonds. The Morgan fingerprint density at radius 1 is 1.69 bits per heavy atom. The van der Waals surface area contributed by atoms with Gasteiger partial charge in [-0.05, 0) is 13.3 Å². The zero-order valence-electron chi connectivity index (χ0n) is 8.30. The molecule has 1 unspecified atom stereocenters. The van der Waals surface area contributed by atoms with Gasteiger partial charge in [0.1, 0.15) is 0 Å². The SMILES string of the molecule is C#CC(C)NCC(=O)OCCCC. The van der Waals surface area contributed by atoms with Crippen LogP contribution in [0.5, 0.6) is 0 Å². The molecule has 0 saturated carbocycles. The third-order valence-electron chi connectivity index (χ3n) is 1.56.